The molecule has 0 aliphatic rings. The highest BCUT2D eigenvalue weighted by Gasteiger charge is 2.08. The van der Waals surface area contributed by atoms with Crippen LogP contribution in [0, 0.1) is 0 Å². The summed E-state index contributed by atoms with van der Waals surface area (Å²) in [5.41, 5.74) is 3.66. The van der Waals surface area contributed by atoms with Crippen LogP contribution in [0.3, 0.4) is 0 Å². The number of rotatable bonds is 5. The van der Waals surface area contributed by atoms with E-state index in [4.69, 9.17) is 21.1 Å². The van der Waals surface area contributed by atoms with Crippen LogP contribution in [0.25, 0.3) is 0 Å². The third-order valence-electron chi connectivity index (χ3n) is 2.98. The molecule has 0 heterocycles. The highest BCUT2D eigenvalue weighted by atomic mass is 79.9. The first-order valence-corrected chi connectivity index (χ1v) is 7.72. The molecule has 2 aromatic rings. The molecule has 1 amide bonds. The van der Waals surface area contributed by atoms with Crippen molar-refractivity contribution in [1.29, 1.82) is 0 Å². The Morgan fingerprint density at radius 2 is 1.78 bits per heavy atom. The van der Waals surface area contributed by atoms with E-state index in [1.54, 1.807) is 50.6 Å². The summed E-state index contributed by atoms with van der Waals surface area (Å²) < 4.78 is 11.2. The van der Waals surface area contributed by atoms with Crippen molar-refractivity contribution in [2.75, 3.05) is 14.2 Å². The zero-order chi connectivity index (χ0) is 16.8. The van der Waals surface area contributed by atoms with E-state index in [-0.39, 0.29) is 5.91 Å². The molecule has 0 aliphatic heterocycles. The molecule has 0 unspecified atom stereocenters. The van der Waals surface area contributed by atoms with Crippen molar-refractivity contribution in [2.45, 2.75) is 0 Å². The Morgan fingerprint density at radius 3 is 2.39 bits per heavy atom. The van der Waals surface area contributed by atoms with Gasteiger partial charge in [-0.05, 0) is 52.3 Å². The van der Waals surface area contributed by atoms with Gasteiger partial charge in [0.2, 0.25) is 0 Å². The molecule has 5 nitrogen and oxygen atoms in total. The molecule has 0 spiro atoms. The number of methoxy groups -OCH3 is 2. The SMILES string of the molecule is COc1cc(Br)c(/C=N/NC(=O)c2ccc(Cl)cc2)cc1OC. The van der Waals surface area contributed by atoms with Gasteiger partial charge in [-0.3, -0.25) is 4.79 Å². The predicted molar refractivity (Wildman–Crippen MR) is 93.8 cm³/mol. The Balaban J connectivity index is 2.11. The van der Waals surface area contributed by atoms with Crippen LogP contribution in [-0.4, -0.2) is 26.3 Å². The van der Waals surface area contributed by atoms with Gasteiger partial charge in [0.1, 0.15) is 0 Å². The minimum atomic E-state index is -0.325. The van der Waals surface area contributed by atoms with Crippen LogP contribution in [0.1, 0.15) is 15.9 Å². The van der Waals surface area contributed by atoms with Crippen molar-refractivity contribution in [3.63, 3.8) is 0 Å². The van der Waals surface area contributed by atoms with E-state index in [2.05, 4.69) is 26.5 Å². The molecule has 0 bridgehead atoms. The topological polar surface area (TPSA) is 59.9 Å². The zero-order valence-corrected chi connectivity index (χ0v) is 14.8. The molecule has 0 saturated carbocycles. The molecule has 120 valence electrons. The summed E-state index contributed by atoms with van der Waals surface area (Å²) in [5.74, 6) is 0.845. The summed E-state index contributed by atoms with van der Waals surface area (Å²) in [6.45, 7) is 0. The maximum Gasteiger partial charge on any atom is 0.271 e. The third-order valence-corrected chi connectivity index (χ3v) is 3.92. The smallest absolute Gasteiger partial charge is 0.271 e. The van der Waals surface area contributed by atoms with Gasteiger partial charge in [0.25, 0.3) is 5.91 Å². The fourth-order valence-corrected chi connectivity index (χ4v) is 2.35. The number of hydrogen-bond donors (Lipinski definition) is 1. The van der Waals surface area contributed by atoms with Gasteiger partial charge in [-0.2, -0.15) is 5.10 Å². The molecule has 0 radical (unpaired) electrons. The van der Waals surface area contributed by atoms with Gasteiger partial charge in [0, 0.05) is 20.6 Å². The Morgan fingerprint density at radius 1 is 1.17 bits per heavy atom. The number of carbonyl (C=O) groups is 1. The van der Waals surface area contributed by atoms with Crippen LogP contribution < -0.4 is 14.9 Å². The molecule has 0 aliphatic carbocycles. The lowest BCUT2D eigenvalue weighted by Gasteiger charge is -2.09. The molecule has 0 aromatic heterocycles. The number of hydrogen-bond acceptors (Lipinski definition) is 4. The zero-order valence-electron chi connectivity index (χ0n) is 12.5. The number of amides is 1. The van der Waals surface area contributed by atoms with Crippen LogP contribution in [0.2, 0.25) is 5.02 Å². The molecular formula is C16H14BrClN2O3. The first-order chi connectivity index (χ1) is 11.0. The van der Waals surface area contributed by atoms with E-state index in [9.17, 15) is 4.79 Å². The lowest BCUT2D eigenvalue weighted by atomic mass is 10.2. The van der Waals surface area contributed by atoms with Crippen molar-refractivity contribution in [3.8, 4) is 11.5 Å². The Labute approximate surface area is 147 Å². The van der Waals surface area contributed by atoms with Crippen molar-refractivity contribution >= 4 is 39.7 Å². The summed E-state index contributed by atoms with van der Waals surface area (Å²) >= 11 is 9.20. The van der Waals surface area contributed by atoms with Crippen molar-refractivity contribution in [2.24, 2.45) is 5.10 Å². The second-order valence-corrected chi connectivity index (χ2v) is 5.73. The quantitative estimate of drug-likeness (QED) is 0.615. The highest BCUT2D eigenvalue weighted by molar-refractivity contribution is 9.10. The minimum absolute atomic E-state index is 0.325. The second kappa shape index (κ2) is 7.99. The fourth-order valence-electron chi connectivity index (χ4n) is 1.80. The third kappa shape index (κ3) is 4.46. The molecular weight excluding hydrogens is 384 g/mol. The molecule has 0 atom stereocenters. The molecule has 1 N–H and O–H groups in total. The number of ether oxygens (including phenoxy) is 2. The van der Waals surface area contributed by atoms with Crippen LogP contribution in [0.15, 0.2) is 46.0 Å². The van der Waals surface area contributed by atoms with Crippen molar-refractivity contribution < 1.29 is 14.3 Å². The summed E-state index contributed by atoms with van der Waals surface area (Å²) in [6.07, 6.45) is 1.51. The van der Waals surface area contributed by atoms with E-state index in [0.717, 1.165) is 10.0 Å². The number of hydrazone groups is 1. The first-order valence-electron chi connectivity index (χ1n) is 6.55. The maximum absolute atomic E-state index is 11.9. The average Bonchev–Trinajstić information content (AvgIpc) is 2.56. The fraction of sp³-hybridized carbons (Fsp3) is 0.125. The van der Waals surface area contributed by atoms with Gasteiger partial charge in [-0.15, -0.1) is 0 Å². The van der Waals surface area contributed by atoms with Gasteiger partial charge in [0.05, 0.1) is 20.4 Å². The van der Waals surface area contributed by atoms with Crippen molar-refractivity contribution in [3.05, 3.63) is 57.0 Å². The maximum atomic E-state index is 11.9. The Hall–Kier alpha value is -2.05. The Bertz CT molecular complexity index is 733. The average molecular weight is 398 g/mol. The highest BCUT2D eigenvalue weighted by Crippen LogP contribution is 2.32. The van der Waals surface area contributed by atoms with Crippen LogP contribution >= 0.6 is 27.5 Å². The summed E-state index contributed by atoms with van der Waals surface area (Å²) in [6, 6.07) is 10.1. The van der Waals surface area contributed by atoms with Gasteiger partial charge >= 0.3 is 0 Å². The molecule has 2 rings (SSSR count). The van der Waals surface area contributed by atoms with Crippen molar-refractivity contribution in [1.82, 2.24) is 5.43 Å². The van der Waals surface area contributed by atoms with Crippen LogP contribution in [-0.2, 0) is 0 Å². The largest absolute Gasteiger partial charge is 0.493 e. The number of carbonyl (C=O) groups excluding carboxylic acids is 1. The number of nitrogens with one attached hydrogen (secondary N) is 1. The predicted octanol–water partition coefficient (Wildman–Crippen LogP) is 3.88. The van der Waals surface area contributed by atoms with Crippen LogP contribution in [0.4, 0.5) is 0 Å². The Kier molecular flexibility index (Phi) is 6.01. The van der Waals surface area contributed by atoms with E-state index in [1.807, 2.05) is 0 Å². The molecule has 2 aromatic carbocycles. The standard InChI is InChI=1S/C16H14BrClN2O3/c1-22-14-7-11(13(17)8-15(14)23-2)9-19-20-16(21)10-3-5-12(18)6-4-10/h3-9H,1-2H3,(H,20,21)/b19-9+. The number of nitrogens with zero attached hydrogens (tertiary/aromatic N) is 1. The van der Waals surface area contributed by atoms with Gasteiger partial charge in [0.15, 0.2) is 11.5 Å². The van der Waals surface area contributed by atoms with E-state index >= 15 is 0 Å². The lowest BCUT2D eigenvalue weighted by Crippen LogP contribution is -2.17. The van der Waals surface area contributed by atoms with E-state index < -0.39 is 0 Å². The number of halogens is 2. The summed E-state index contributed by atoms with van der Waals surface area (Å²) in [5, 5.41) is 4.52. The molecule has 0 saturated heterocycles. The first kappa shape index (κ1) is 17.3. The minimum Gasteiger partial charge on any atom is -0.493 e. The van der Waals surface area contributed by atoms with Gasteiger partial charge in [-0.25, -0.2) is 5.43 Å². The summed E-state index contributed by atoms with van der Waals surface area (Å²) in [4.78, 5) is 11.9. The normalized spacial score (nSPS) is 10.6. The molecule has 0 fully saturated rings. The van der Waals surface area contributed by atoms with E-state index in [1.165, 1.54) is 6.21 Å². The summed E-state index contributed by atoms with van der Waals surface area (Å²) in [7, 11) is 3.11. The lowest BCUT2D eigenvalue weighted by molar-refractivity contribution is 0.0955. The second-order valence-electron chi connectivity index (χ2n) is 4.43. The van der Waals surface area contributed by atoms with Gasteiger partial charge in [-0.1, -0.05) is 11.6 Å². The van der Waals surface area contributed by atoms with Gasteiger partial charge < -0.3 is 9.47 Å². The van der Waals surface area contributed by atoms with Crippen LogP contribution in [0.5, 0.6) is 11.5 Å². The molecule has 23 heavy (non-hydrogen) atoms. The van der Waals surface area contributed by atoms with E-state index in [0.29, 0.717) is 22.1 Å². The number of benzene rings is 2. The molecule has 7 heteroatoms. The monoisotopic (exact) mass is 396 g/mol.